The predicted octanol–water partition coefficient (Wildman–Crippen LogP) is 2.31. The number of benzene rings is 1. The minimum Gasteiger partial charge on any atom is -0.295 e. The van der Waals surface area contributed by atoms with E-state index in [2.05, 4.69) is 0 Å². The van der Waals surface area contributed by atoms with Crippen LogP contribution in [0.3, 0.4) is 0 Å². The molecule has 1 fully saturated rings. The molecule has 0 atom stereocenters. The number of hydrogen-bond acceptors (Lipinski definition) is 3. The van der Waals surface area contributed by atoms with E-state index < -0.39 is 10.0 Å². The van der Waals surface area contributed by atoms with Gasteiger partial charge >= 0.3 is 0 Å². The number of hydrogen-bond donors (Lipinski definition) is 0. The molecular weight excluding hydrogens is 262 g/mol. The van der Waals surface area contributed by atoms with Crippen molar-refractivity contribution in [3.8, 4) is 0 Å². The van der Waals surface area contributed by atoms with Crippen LogP contribution in [0.15, 0.2) is 29.2 Å². The first-order valence-electron chi connectivity index (χ1n) is 6.56. The van der Waals surface area contributed by atoms with E-state index in [1.165, 1.54) is 17.3 Å². The molecule has 1 aliphatic rings. The topological polar surface area (TPSA) is 54.5 Å². The van der Waals surface area contributed by atoms with Crippen LogP contribution in [0, 0.1) is 5.92 Å². The summed E-state index contributed by atoms with van der Waals surface area (Å²) in [5, 5.41) is 0. The Bertz CT molecular complexity index is 576. The first-order chi connectivity index (χ1) is 8.95. The molecular formula is C14H19NO3S. The van der Waals surface area contributed by atoms with Crippen LogP contribution in [0.4, 0.5) is 0 Å². The van der Waals surface area contributed by atoms with Gasteiger partial charge in [-0.1, -0.05) is 19.1 Å². The minimum atomic E-state index is -3.48. The van der Waals surface area contributed by atoms with Gasteiger partial charge in [0.1, 0.15) is 0 Å². The van der Waals surface area contributed by atoms with Crippen molar-refractivity contribution in [3.63, 3.8) is 0 Å². The van der Waals surface area contributed by atoms with Gasteiger partial charge in [-0.3, -0.25) is 4.79 Å². The second kappa shape index (κ2) is 5.43. The zero-order valence-electron chi connectivity index (χ0n) is 11.3. The molecule has 1 aromatic rings. The minimum absolute atomic E-state index is 0.123. The highest BCUT2D eigenvalue weighted by Crippen LogP contribution is 2.31. The SMILES string of the molecule is CCN(CC1CC1)S(=O)(=O)c1cccc(C(C)=O)c1. The number of carbonyl (C=O) groups is 1. The third-order valence-corrected chi connectivity index (χ3v) is 5.33. The average molecular weight is 281 g/mol. The fraction of sp³-hybridized carbons (Fsp3) is 0.500. The summed E-state index contributed by atoms with van der Waals surface area (Å²) in [7, 11) is -3.48. The van der Waals surface area contributed by atoms with Crippen molar-refractivity contribution in [1.82, 2.24) is 4.31 Å². The molecule has 0 aromatic heterocycles. The maximum absolute atomic E-state index is 12.5. The summed E-state index contributed by atoms with van der Waals surface area (Å²) in [6.07, 6.45) is 2.22. The molecule has 0 unspecified atom stereocenters. The van der Waals surface area contributed by atoms with Crippen molar-refractivity contribution in [1.29, 1.82) is 0 Å². The fourth-order valence-corrected chi connectivity index (χ4v) is 3.58. The third kappa shape index (κ3) is 3.22. The first kappa shape index (κ1) is 14.2. The number of sulfonamides is 1. The first-order valence-corrected chi connectivity index (χ1v) is 8.00. The lowest BCUT2D eigenvalue weighted by molar-refractivity contribution is 0.101. The lowest BCUT2D eigenvalue weighted by Crippen LogP contribution is -2.32. The van der Waals surface area contributed by atoms with Crippen LogP contribution in [0.25, 0.3) is 0 Å². The highest BCUT2D eigenvalue weighted by atomic mass is 32.2. The van der Waals surface area contributed by atoms with Gasteiger partial charge in [-0.25, -0.2) is 8.42 Å². The van der Waals surface area contributed by atoms with Gasteiger partial charge in [0, 0.05) is 18.7 Å². The van der Waals surface area contributed by atoms with Gasteiger partial charge in [0.2, 0.25) is 10.0 Å². The molecule has 0 saturated heterocycles. The summed E-state index contributed by atoms with van der Waals surface area (Å²) >= 11 is 0. The second-order valence-electron chi connectivity index (χ2n) is 4.98. The zero-order valence-corrected chi connectivity index (χ0v) is 12.1. The largest absolute Gasteiger partial charge is 0.295 e. The van der Waals surface area contributed by atoms with Crippen LogP contribution < -0.4 is 0 Å². The van der Waals surface area contributed by atoms with E-state index in [4.69, 9.17) is 0 Å². The molecule has 19 heavy (non-hydrogen) atoms. The van der Waals surface area contributed by atoms with Gasteiger partial charge in [-0.15, -0.1) is 0 Å². The van der Waals surface area contributed by atoms with Crippen LogP contribution >= 0.6 is 0 Å². The molecule has 5 heteroatoms. The number of Topliss-reactive ketones (excluding diaryl/α,β-unsaturated/α-hetero) is 1. The van der Waals surface area contributed by atoms with Gasteiger partial charge in [0.25, 0.3) is 0 Å². The Morgan fingerprint density at radius 2 is 2.05 bits per heavy atom. The van der Waals surface area contributed by atoms with Crippen molar-refractivity contribution in [3.05, 3.63) is 29.8 Å². The molecule has 0 bridgehead atoms. The van der Waals surface area contributed by atoms with E-state index in [9.17, 15) is 13.2 Å². The van der Waals surface area contributed by atoms with Crippen molar-refractivity contribution >= 4 is 15.8 Å². The Morgan fingerprint density at radius 3 is 2.58 bits per heavy atom. The molecule has 1 saturated carbocycles. The van der Waals surface area contributed by atoms with Gasteiger partial charge < -0.3 is 0 Å². The summed E-state index contributed by atoms with van der Waals surface area (Å²) < 4.78 is 26.5. The molecule has 1 aliphatic carbocycles. The quantitative estimate of drug-likeness (QED) is 0.752. The zero-order chi connectivity index (χ0) is 14.0. The number of ketones is 1. The maximum Gasteiger partial charge on any atom is 0.243 e. The van der Waals surface area contributed by atoms with Crippen LogP contribution in [0.5, 0.6) is 0 Å². The Balaban J connectivity index is 2.31. The molecule has 0 radical (unpaired) electrons. The molecule has 0 spiro atoms. The maximum atomic E-state index is 12.5. The second-order valence-corrected chi connectivity index (χ2v) is 6.92. The van der Waals surface area contributed by atoms with Gasteiger partial charge in [-0.05, 0) is 37.8 Å². The van der Waals surface area contributed by atoms with Crippen LogP contribution in [0.2, 0.25) is 0 Å². The normalized spacial score (nSPS) is 15.7. The molecule has 4 nitrogen and oxygen atoms in total. The number of rotatable bonds is 6. The Hall–Kier alpha value is -1.20. The van der Waals surface area contributed by atoms with Crippen molar-refractivity contribution in [2.24, 2.45) is 5.92 Å². The van der Waals surface area contributed by atoms with Crippen LogP contribution in [-0.4, -0.2) is 31.6 Å². The Labute approximate surface area is 114 Å². The third-order valence-electron chi connectivity index (χ3n) is 3.39. The summed E-state index contributed by atoms with van der Waals surface area (Å²) in [4.78, 5) is 11.6. The summed E-state index contributed by atoms with van der Waals surface area (Å²) in [5.74, 6) is 0.382. The molecule has 0 N–H and O–H groups in total. The molecule has 0 aliphatic heterocycles. The number of carbonyl (C=O) groups excluding carboxylic acids is 1. The van der Waals surface area contributed by atoms with Gasteiger partial charge in [0.15, 0.2) is 5.78 Å². The van der Waals surface area contributed by atoms with E-state index in [0.29, 0.717) is 24.6 Å². The van der Waals surface area contributed by atoms with Crippen LogP contribution in [-0.2, 0) is 10.0 Å². The van der Waals surface area contributed by atoms with Crippen molar-refractivity contribution < 1.29 is 13.2 Å². The molecule has 0 heterocycles. The van der Waals surface area contributed by atoms with Gasteiger partial charge in [-0.2, -0.15) is 4.31 Å². The molecule has 104 valence electrons. The predicted molar refractivity (Wildman–Crippen MR) is 73.6 cm³/mol. The average Bonchev–Trinajstić information content (AvgIpc) is 3.19. The fourth-order valence-electron chi connectivity index (χ4n) is 2.01. The highest BCUT2D eigenvalue weighted by molar-refractivity contribution is 7.89. The van der Waals surface area contributed by atoms with E-state index in [0.717, 1.165) is 12.8 Å². The molecule has 1 aromatic carbocycles. The summed E-state index contributed by atoms with van der Waals surface area (Å²) in [6, 6.07) is 6.28. The van der Waals surface area contributed by atoms with E-state index in [-0.39, 0.29) is 10.7 Å². The molecule has 0 amide bonds. The monoisotopic (exact) mass is 281 g/mol. The molecule has 2 rings (SSSR count). The van der Waals surface area contributed by atoms with Crippen molar-refractivity contribution in [2.75, 3.05) is 13.1 Å². The number of nitrogens with zero attached hydrogens (tertiary/aromatic N) is 1. The lowest BCUT2D eigenvalue weighted by atomic mass is 10.2. The highest BCUT2D eigenvalue weighted by Gasteiger charge is 2.30. The summed E-state index contributed by atoms with van der Waals surface area (Å²) in [6.45, 7) is 4.33. The Morgan fingerprint density at radius 1 is 1.37 bits per heavy atom. The van der Waals surface area contributed by atoms with E-state index in [1.54, 1.807) is 18.2 Å². The van der Waals surface area contributed by atoms with E-state index in [1.807, 2.05) is 6.92 Å². The van der Waals surface area contributed by atoms with Crippen LogP contribution in [0.1, 0.15) is 37.0 Å². The Kier molecular flexibility index (Phi) is 4.06. The van der Waals surface area contributed by atoms with Crippen molar-refractivity contribution in [2.45, 2.75) is 31.6 Å². The van der Waals surface area contributed by atoms with Gasteiger partial charge in [0.05, 0.1) is 4.90 Å². The standard InChI is InChI=1S/C14H19NO3S/c1-3-15(10-12-7-8-12)19(17,18)14-6-4-5-13(9-14)11(2)16/h4-6,9,12H,3,7-8,10H2,1-2H3. The van der Waals surface area contributed by atoms with E-state index >= 15 is 0 Å². The smallest absolute Gasteiger partial charge is 0.243 e. The summed E-state index contributed by atoms with van der Waals surface area (Å²) in [5.41, 5.74) is 0.434. The lowest BCUT2D eigenvalue weighted by Gasteiger charge is -2.20.